The number of anilines is 1. The highest BCUT2D eigenvalue weighted by Crippen LogP contribution is 2.36. The van der Waals surface area contributed by atoms with Crippen molar-refractivity contribution in [1.29, 1.82) is 0 Å². The molecule has 0 aliphatic carbocycles. The third-order valence-corrected chi connectivity index (χ3v) is 5.55. The lowest BCUT2D eigenvalue weighted by Gasteiger charge is -2.12. The Kier molecular flexibility index (Phi) is 6.55. The van der Waals surface area contributed by atoms with Gasteiger partial charge in [-0.15, -0.1) is 0 Å². The molecule has 0 atom stereocenters. The second kappa shape index (κ2) is 9.48. The van der Waals surface area contributed by atoms with Crippen LogP contribution in [-0.2, 0) is 12.7 Å². The van der Waals surface area contributed by atoms with Gasteiger partial charge in [0.15, 0.2) is 17.3 Å². The summed E-state index contributed by atoms with van der Waals surface area (Å²) in [4.78, 5) is 28.6. The van der Waals surface area contributed by atoms with Crippen LogP contribution in [0.15, 0.2) is 42.5 Å². The summed E-state index contributed by atoms with van der Waals surface area (Å²) in [5.41, 5.74) is 2.62. The summed E-state index contributed by atoms with van der Waals surface area (Å²) in [7, 11) is 1.47. The van der Waals surface area contributed by atoms with Crippen molar-refractivity contribution in [2.24, 2.45) is 5.73 Å². The summed E-state index contributed by atoms with van der Waals surface area (Å²) in [5.74, 6) is -4.29. The average molecular weight is 519 g/mol. The van der Waals surface area contributed by atoms with Crippen LogP contribution < -0.4 is 15.8 Å². The Balaban J connectivity index is 1.78. The molecule has 0 radical (unpaired) electrons. The van der Waals surface area contributed by atoms with Gasteiger partial charge in [0.2, 0.25) is 0 Å². The fourth-order valence-electron chi connectivity index (χ4n) is 3.67. The number of methoxy groups -OCH3 is 1. The number of carbonyl (C=O) groups excluding carboxylic acids is 2. The van der Waals surface area contributed by atoms with E-state index in [9.17, 15) is 31.5 Å². The molecule has 0 aliphatic rings. The number of nitrogens with two attached hydrogens (primary N) is 1. The number of primary amides is 1. The number of hydrogen-bond donors (Lipinski definition) is 2. The number of carbonyl (C=O) groups is 2. The van der Waals surface area contributed by atoms with E-state index in [-0.39, 0.29) is 23.1 Å². The summed E-state index contributed by atoms with van der Waals surface area (Å²) >= 11 is 0. The number of ether oxygens (including phenoxy) is 1. The van der Waals surface area contributed by atoms with Crippen LogP contribution in [0.3, 0.4) is 0 Å². The zero-order valence-electron chi connectivity index (χ0n) is 19.3. The van der Waals surface area contributed by atoms with Crippen molar-refractivity contribution < 1.29 is 36.3 Å². The van der Waals surface area contributed by atoms with Crippen LogP contribution in [0.1, 0.15) is 37.8 Å². The number of amides is 2. The molecule has 0 saturated carbocycles. The summed E-state index contributed by atoms with van der Waals surface area (Å²) in [6, 6.07) is 8.75. The van der Waals surface area contributed by atoms with Gasteiger partial charge in [0.25, 0.3) is 11.8 Å². The molecule has 0 bridgehead atoms. The minimum atomic E-state index is -4.94. The average Bonchev–Trinajstić information content (AvgIpc) is 3.15. The zero-order valence-corrected chi connectivity index (χ0v) is 19.3. The van der Waals surface area contributed by atoms with Crippen molar-refractivity contribution >= 4 is 28.4 Å². The van der Waals surface area contributed by atoms with Gasteiger partial charge in [0, 0.05) is 11.5 Å². The van der Waals surface area contributed by atoms with Gasteiger partial charge in [0.1, 0.15) is 11.4 Å². The number of nitrogens with one attached hydrogen (secondary N) is 1. The van der Waals surface area contributed by atoms with E-state index in [1.807, 2.05) is 0 Å². The molecule has 0 aliphatic heterocycles. The van der Waals surface area contributed by atoms with Gasteiger partial charge >= 0.3 is 6.18 Å². The third-order valence-electron chi connectivity index (χ3n) is 5.55. The molecule has 2 heterocycles. The first-order valence-electron chi connectivity index (χ1n) is 10.6. The lowest BCUT2D eigenvalue weighted by atomic mass is 10.1. The van der Waals surface area contributed by atoms with E-state index in [2.05, 4.69) is 15.4 Å². The maximum atomic E-state index is 13.9. The van der Waals surface area contributed by atoms with Gasteiger partial charge in [-0.25, -0.2) is 13.8 Å². The van der Waals surface area contributed by atoms with Crippen molar-refractivity contribution in [3.63, 3.8) is 0 Å². The second-order valence-corrected chi connectivity index (χ2v) is 7.97. The molecule has 4 rings (SSSR count). The number of alkyl halides is 3. The highest BCUT2D eigenvalue weighted by molar-refractivity contribution is 6.14. The van der Waals surface area contributed by atoms with Crippen molar-refractivity contribution in [3.05, 3.63) is 82.3 Å². The standard InChI is InChI=1S/C24H18F5N5O3/c1-11-20(21(24(27,28)29)33-34(11)10-12-3-5-13(37-2)6-4-12)32-23(36)15-8-19(22(30)35)31-18-9-17(26)16(25)7-14(15)18/h3-9H,10H2,1-2H3,(H2,30,35)(H,32,36). The molecule has 2 amide bonds. The largest absolute Gasteiger partial charge is 0.497 e. The molecule has 2 aromatic carbocycles. The van der Waals surface area contributed by atoms with E-state index in [4.69, 9.17) is 10.5 Å². The number of hydrogen-bond acceptors (Lipinski definition) is 5. The predicted octanol–water partition coefficient (Wildman–Crippen LogP) is 4.44. The van der Waals surface area contributed by atoms with Gasteiger partial charge in [0.05, 0.1) is 36.1 Å². The van der Waals surface area contributed by atoms with E-state index in [1.54, 1.807) is 24.3 Å². The molecule has 0 saturated heterocycles. The number of aromatic nitrogens is 3. The number of fused-ring (bicyclic) bond motifs is 1. The number of benzene rings is 2. The highest BCUT2D eigenvalue weighted by atomic mass is 19.4. The first kappa shape index (κ1) is 25.5. The van der Waals surface area contributed by atoms with Crippen LogP contribution in [0.5, 0.6) is 5.75 Å². The molecule has 0 spiro atoms. The van der Waals surface area contributed by atoms with Crippen LogP contribution in [0, 0.1) is 18.6 Å². The van der Waals surface area contributed by atoms with Crippen LogP contribution >= 0.6 is 0 Å². The Hall–Kier alpha value is -4.55. The Morgan fingerprint density at radius 1 is 1.08 bits per heavy atom. The normalized spacial score (nSPS) is 11.5. The molecule has 0 fully saturated rings. The molecule has 4 aromatic rings. The summed E-state index contributed by atoms with van der Waals surface area (Å²) in [6.07, 6.45) is -4.94. The van der Waals surface area contributed by atoms with E-state index >= 15 is 0 Å². The molecular formula is C24H18F5N5O3. The topological polar surface area (TPSA) is 112 Å². The van der Waals surface area contributed by atoms with Gasteiger partial charge in [-0.2, -0.15) is 18.3 Å². The summed E-state index contributed by atoms with van der Waals surface area (Å²) in [6.45, 7) is 1.28. The third kappa shape index (κ3) is 5.06. The smallest absolute Gasteiger partial charge is 0.437 e. The minimum Gasteiger partial charge on any atom is -0.497 e. The molecule has 0 unspecified atom stereocenters. The molecular weight excluding hydrogens is 501 g/mol. The summed E-state index contributed by atoms with van der Waals surface area (Å²) < 4.78 is 75.3. The van der Waals surface area contributed by atoms with Crippen molar-refractivity contribution in [2.75, 3.05) is 12.4 Å². The maximum absolute atomic E-state index is 13.9. The van der Waals surface area contributed by atoms with Crippen molar-refractivity contribution in [1.82, 2.24) is 14.8 Å². The van der Waals surface area contributed by atoms with E-state index in [0.717, 1.165) is 10.7 Å². The fraction of sp³-hybridized carbons (Fsp3) is 0.167. The van der Waals surface area contributed by atoms with Gasteiger partial charge in [-0.05, 0) is 36.8 Å². The highest BCUT2D eigenvalue weighted by Gasteiger charge is 2.39. The van der Waals surface area contributed by atoms with Crippen LogP contribution in [0.4, 0.5) is 27.6 Å². The fourth-order valence-corrected chi connectivity index (χ4v) is 3.67. The quantitative estimate of drug-likeness (QED) is 0.366. The van der Waals surface area contributed by atoms with Crippen LogP contribution in [-0.4, -0.2) is 33.7 Å². The zero-order chi connectivity index (χ0) is 27.1. The lowest BCUT2D eigenvalue weighted by Crippen LogP contribution is -2.19. The molecule has 192 valence electrons. The second-order valence-electron chi connectivity index (χ2n) is 7.97. The van der Waals surface area contributed by atoms with Gasteiger partial charge in [-0.3, -0.25) is 14.3 Å². The Labute approximate surface area is 205 Å². The molecule has 2 aromatic heterocycles. The first-order chi connectivity index (χ1) is 17.4. The van der Waals surface area contributed by atoms with Gasteiger partial charge in [-0.1, -0.05) is 12.1 Å². The van der Waals surface area contributed by atoms with Crippen LogP contribution in [0.25, 0.3) is 10.9 Å². The van der Waals surface area contributed by atoms with Crippen LogP contribution in [0.2, 0.25) is 0 Å². The van der Waals surface area contributed by atoms with Crippen molar-refractivity contribution in [2.45, 2.75) is 19.6 Å². The maximum Gasteiger partial charge on any atom is 0.437 e. The number of rotatable bonds is 6. The Morgan fingerprint density at radius 2 is 1.73 bits per heavy atom. The summed E-state index contributed by atoms with van der Waals surface area (Å²) in [5, 5.41) is 5.57. The van der Waals surface area contributed by atoms with Crippen molar-refractivity contribution in [3.8, 4) is 5.75 Å². The first-order valence-corrected chi connectivity index (χ1v) is 10.6. The molecule has 8 nitrogen and oxygen atoms in total. The number of halogens is 5. The Bertz CT molecular complexity index is 1530. The monoisotopic (exact) mass is 519 g/mol. The minimum absolute atomic E-state index is 0.0257. The van der Waals surface area contributed by atoms with E-state index < -0.39 is 52.3 Å². The molecule has 3 N–H and O–H groups in total. The van der Waals surface area contributed by atoms with Gasteiger partial charge < -0.3 is 15.8 Å². The van der Waals surface area contributed by atoms with E-state index in [1.165, 1.54) is 14.0 Å². The lowest BCUT2D eigenvalue weighted by molar-refractivity contribution is -0.140. The molecule has 13 heteroatoms. The molecule has 37 heavy (non-hydrogen) atoms. The number of nitrogens with zero attached hydrogens (tertiary/aromatic N) is 3. The van der Waals surface area contributed by atoms with E-state index in [0.29, 0.717) is 23.4 Å². The SMILES string of the molecule is COc1ccc(Cn2nc(C(F)(F)F)c(NC(=O)c3cc(C(N)=O)nc4cc(F)c(F)cc34)c2C)cc1. The predicted molar refractivity (Wildman–Crippen MR) is 122 cm³/mol. The number of pyridine rings is 1. The Morgan fingerprint density at radius 3 is 2.32 bits per heavy atom.